The summed E-state index contributed by atoms with van der Waals surface area (Å²) in [6.07, 6.45) is 0. The van der Waals surface area contributed by atoms with Gasteiger partial charge < -0.3 is 14.9 Å². The van der Waals surface area contributed by atoms with E-state index < -0.39 is 5.97 Å². The van der Waals surface area contributed by atoms with Crippen molar-refractivity contribution in [3.05, 3.63) is 0 Å². The highest BCUT2D eigenvalue weighted by Crippen LogP contribution is 2.16. The molecule has 0 aromatic rings. The summed E-state index contributed by atoms with van der Waals surface area (Å²) in [6, 6.07) is 0.0457. The number of halogens is 1. The summed E-state index contributed by atoms with van der Waals surface area (Å²) in [5.74, 6) is -1.17. The number of aliphatic carboxylic acids is 1. The van der Waals surface area contributed by atoms with Crippen LogP contribution >= 0.6 is 22.9 Å². The molecular formula is C9H16IN3O3. The third kappa shape index (κ3) is 3.29. The second kappa shape index (κ2) is 5.78. The molecule has 1 saturated heterocycles. The number of likely N-dealkylation sites (N-methyl/N-ethyl adjacent to an activating group) is 1. The topological polar surface area (TPSA) is 72.9 Å². The molecule has 2 unspecified atom stereocenters. The molecule has 0 aromatic carbocycles. The number of carboxylic acids is 1. The Kier molecular flexibility index (Phi) is 4.93. The first-order chi connectivity index (χ1) is 7.45. The third-order valence-corrected chi connectivity index (χ3v) is 3.52. The van der Waals surface area contributed by atoms with Crippen molar-refractivity contribution in [3.8, 4) is 0 Å². The molecule has 1 heterocycles. The van der Waals surface area contributed by atoms with Crippen molar-refractivity contribution < 1.29 is 14.7 Å². The van der Waals surface area contributed by atoms with Gasteiger partial charge in [-0.2, -0.15) is 0 Å². The summed E-state index contributed by atoms with van der Waals surface area (Å²) in [4.78, 5) is 25.7. The van der Waals surface area contributed by atoms with Crippen LogP contribution in [0.2, 0.25) is 0 Å². The van der Waals surface area contributed by atoms with E-state index in [1.807, 2.05) is 29.9 Å². The minimum Gasteiger partial charge on any atom is -0.480 e. The van der Waals surface area contributed by atoms with Gasteiger partial charge in [0.05, 0.1) is 12.1 Å². The number of nitrogens with one attached hydrogen (secondary N) is 1. The maximum absolute atomic E-state index is 11.4. The molecule has 0 bridgehead atoms. The van der Waals surface area contributed by atoms with Gasteiger partial charge in [0.1, 0.15) is 6.54 Å². The Labute approximate surface area is 108 Å². The summed E-state index contributed by atoms with van der Waals surface area (Å²) in [5.41, 5.74) is 0. The van der Waals surface area contributed by atoms with E-state index in [9.17, 15) is 9.59 Å². The number of likely N-dealkylation sites (tertiary alicyclic amines) is 1. The minimum atomic E-state index is -0.975. The molecule has 2 atom stereocenters. The van der Waals surface area contributed by atoms with Crippen molar-refractivity contribution in [1.82, 2.24) is 13.3 Å². The molecule has 2 N–H and O–H groups in total. The van der Waals surface area contributed by atoms with Crippen LogP contribution in [0.1, 0.15) is 6.92 Å². The van der Waals surface area contributed by atoms with Gasteiger partial charge in [0.2, 0.25) is 5.91 Å². The van der Waals surface area contributed by atoms with Crippen LogP contribution in [-0.2, 0) is 9.59 Å². The average Bonchev–Trinajstić information content (AvgIpc) is 2.55. The van der Waals surface area contributed by atoms with E-state index in [4.69, 9.17) is 5.11 Å². The fraction of sp³-hybridized carbons (Fsp3) is 0.778. The monoisotopic (exact) mass is 341 g/mol. The van der Waals surface area contributed by atoms with Crippen molar-refractivity contribution in [1.29, 1.82) is 0 Å². The Balaban J connectivity index is 2.76. The molecule has 0 spiro atoms. The van der Waals surface area contributed by atoms with Crippen LogP contribution < -0.4 is 3.53 Å². The number of rotatable bonds is 4. The van der Waals surface area contributed by atoms with Crippen molar-refractivity contribution in [2.75, 3.05) is 26.7 Å². The first-order valence-corrected chi connectivity index (χ1v) is 6.07. The second-order valence-corrected chi connectivity index (χ2v) is 4.67. The highest BCUT2D eigenvalue weighted by Gasteiger charge is 2.36. The first-order valence-electron chi connectivity index (χ1n) is 4.99. The molecule has 6 nitrogen and oxygen atoms in total. The third-order valence-electron chi connectivity index (χ3n) is 2.72. The Hall–Kier alpha value is -0.410. The van der Waals surface area contributed by atoms with E-state index in [0.717, 1.165) is 6.54 Å². The van der Waals surface area contributed by atoms with E-state index in [1.165, 1.54) is 11.8 Å². The Morgan fingerprint density at radius 3 is 2.62 bits per heavy atom. The smallest absolute Gasteiger partial charge is 0.323 e. The van der Waals surface area contributed by atoms with Crippen LogP contribution in [-0.4, -0.2) is 65.5 Å². The van der Waals surface area contributed by atoms with Gasteiger partial charge in [-0.25, -0.2) is 0 Å². The van der Waals surface area contributed by atoms with Crippen LogP contribution in [0.4, 0.5) is 0 Å². The minimum absolute atomic E-state index is 0.0736. The largest absolute Gasteiger partial charge is 0.480 e. The van der Waals surface area contributed by atoms with Crippen LogP contribution in [0.25, 0.3) is 0 Å². The van der Waals surface area contributed by atoms with Gasteiger partial charge in [0.25, 0.3) is 0 Å². The second-order valence-electron chi connectivity index (χ2n) is 4.04. The van der Waals surface area contributed by atoms with Gasteiger partial charge in [-0.15, -0.1) is 0 Å². The number of hydrogen-bond acceptors (Lipinski definition) is 4. The quantitative estimate of drug-likeness (QED) is 0.535. The fourth-order valence-electron chi connectivity index (χ4n) is 2.01. The number of carbonyl (C=O) groups is 2. The molecule has 16 heavy (non-hydrogen) atoms. The van der Waals surface area contributed by atoms with Gasteiger partial charge in [-0.3, -0.25) is 13.1 Å². The highest BCUT2D eigenvalue weighted by atomic mass is 127. The number of amides is 1. The van der Waals surface area contributed by atoms with Crippen molar-refractivity contribution in [2.24, 2.45) is 0 Å². The number of carboxylic acid groups (broad SMARTS) is 1. The van der Waals surface area contributed by atoms with Crippen molar-refractivity contribution >= 4 is 34.7 Å². The number of hydrogen-bond donors (Lipinski definition) is 2. The molecular weight excluding hydrogens is 325 g/mol. The van der Waals surface area contributed by atoms with E-state index in [2.05, 4.69) is 8.43 Å². The highest BCUT2D eigenvalue weighted by molar-refractivity contribution is 14.1. The zero-order valence-corrected chi connectivity index (χ0v) is 11.5. The molecule has 0 saturated carbocycles. The molecule has 1 aliphatic rings. The molecule has 1 amide bonds. The molecule has 7 heteroatoms. The SMILES string of the molecule is CC(=O)N(CC(=O)O)C1CN(C)CC1NI. The summed E-state index contributed by atoms with van der Waals surface area (Å²) in [7, 11) is 1.96. The van der Waals surface area contributed by atoms with E-state index in [-0.39, 0.29) is 24.5 Å². The zero-order chi connectivity index (χ0) is 12.3. The maximum atomic E-state index is 11.4. The predicted octanol–water partition coefficient (Wildman–Crippen LogP) is -0.458. The van der Waals surface area contributed by atoms with Crippen LogP contribution in [0.5, 0.6) is 0 Å². The fourth-order valence-corrected chi connectivity index (χ4v) is 2.62. The predicted molar refractivity (Wildman–Crippen MR) is 67.3 cm³/mol. The summed E-state index contributed by atoms with van der Waals surface area (Å²) >= 11 is 2.04. The summed E-state index contributed by atoms with van der Waals surface area (Å²) < 4.78 is 3.09. The van der Waals surface area contributed by atoms with Gasteiger partial charge in [0, 0.05) is 42.9 Å². The molecule has 1 aliphatic heterocycles. The molecule has 0 radical (unpaired) electrons. The van der Waals surface area contributed by atoms with E-state index in [1.54, 1.807) is 0 Å². The van der Waals surface area contributed by atoms with Crippen molar-refractivity contribution in [3.63, 3.8) is 0 Å². The Morgan fingerprint density at radius 2 is 2.19 bits per heavy atom. The molecule has 0 aromatic heterocycles. The maximum Gasteiger partial charge on any atom is 0.323 e. The average molecular weight is 341 g/mol. The number of carbonyl (C=O) groups excluding carboxylic acids is 1. The molecule has 92 valence electrons. The summed E-state index contributed by atoms with van der Waals surface area (Å²) in [5, 5.41) is 8.79. The van der Waals surface area contributed by atoms with Gasteiger partial charge in [-0.05, 0) is 7.05 Å². The lowest BCUT2D eigenvalue weighted by Gasteiger charge is -2.29. The lowest BCUT2D eigenvalue weighted by Crippen LogP contribution is -2.50. The van der Waals surface area contributed by atoms with Crippen LogP contribution in [0.15, 0.2) is 0 Å². The first kappa shape index (κ1) is 13.7. The molecule has 0 aliphatic carbocycles. The van der Waals surface area contributed by atoms with Gasteiger partial charge in [-0.1, -0.05) is 0 Å². The van der Waals surface area contributed by atoms with Crippen LogP contribution in [0.3, 0.4) is 0 Å². The standard InChI is InChI=1S/C9H16IN3O3/c1-6(14)13(5-9(15)16)8-4-12(2)3-7(8)11-10/h7-8,11H,3-5H2,1-2H3,(H,15,16). The zero-order valence-electron chi connectivity index (χ0n) is 9.31. The van der Waals surface area contributed by atoms with E-state index in [0.29, 0.717) is 6.54 Å². The molecule has 1 rings (SSSR count). The Morgan fingerprint density at radius 1 is 1.56 bits per heavy atom. The lowest BCUT2D eigenvalue weighted by molar-refractivity contribution is -0.145. The summed E-state index contributed by atoms with van der Waals surface area (Å²) in [6.45, 7) is 2.69. The Bertz CT molecular complexity index is 287. The number of nitrogens with zero attached hydrogens (tertiary/aromatic N) is 2. The lowest BCUT2D eigenvalue weighted by atomic mass is 10.1. The van der Waals surface area contributed by atoms with Crippen LogP contribution in [0, 0.1) is 0 Å². The molecule has 1 fully saturated rings. The van der Waals surface area contributed by atoms with Gasteiger partial charge in [0.15, 0.2) is 0 Å². The normalized spacial score (nSPS) is 25.7. The van der Waals surface area contributed by atoms with E-state index >= 15 is 0 Å². The van der Waals surface area contributed by atoms with Gasteiger partial charge >= 0.3 is 5.97 Å². The van der Waals surface area contributed by atoms with Crippen molar-refractivity contribution in [2.45, 2.75) is 19.0 Å².